The Morgan fingerprint density at radius 3 is 2.90 bits per heavy atom. The maximum absolute atomic E-state index is 12.6. The van der Waals surface area contributed by atoms with Crippen LogP contribution >= 0.6 is 11.8 Å². The molecule has 0 radical (unpaired) electrons. The topological polar surface area (TPSA) is 54.3 Å². The van der Waals surface area contributed by atoms with Gasteiger partial charge in [-0.15, -0.1) is 10.2 Å². The highest BCUT2D eigenvalue weighted by Crippen LogP contribution is 2.21. The highest BCUT2D eigenvalue weighted by molar-refractivity contribution is 7.99. The molecule has 2 aliphatic rings. The van der Waals surface area contributed by atoms with Gasteiger partial charge in [-0.25, -0.2) is 0 Å². The quantitative estimate of drug-likeness (QED) is 0.818. The minimum atomic E-state index is 0.162. The molecule has 1 amide bonds. The summed E-state index contributed by atoms with van der Waals surface area (Å²) >= 11 is 1.95. The van der Waals surface area contributed by atoms with E-state index in [1.807, 2.05) is 23.4 Å². The van der Waals surface area contributed by atoms with Gasteiger partial charge in [-0.3, -0.25) is 9.69 Å². The van der Waals surface area contributed by atoms with Crippen LogP contribution in [0.4, 0.5) is 0 Å². The van der Waals surface area contributed by atoms with E-state index in [2.05, 4.69) is 20.0 Å². The van der Waals surface area contributed by atoms with Crippen LogP contribution in [0.25, 0.3) is 0 Å². The number of likely N-dealkylation sites (tertiary alicyclic amines) is 1. The number of hydrogen-bond acceptors (Lipinski definition) is 5. The van der Waals surface area contributed by atoms with Crippen molar-refractivity contribution in [3.63, 3.8) is 0 Å². The van der Waals surface area contributed by atoms with Gasteiger partial charge in [0.2, 0.25) is 5.91 Å². The standard InChI is InChI=1S/C14H23N5OS/c1-17-11-15-16-13(17)10-18-4-2-3-12(9-18)14(20)19-5-7-21-8-6-19/h11-12H,2-10H2,1H3. The fraction of sp³-hybridized carbons (Fsp3) is 0.786. The molecule has 1 aromatic heterocycles. The number of carbonyl (C=O) groups excluding carboxylic acids is 1. The largest absolute Gasteiger partial charge is 0.341 e. The molecule has 116 valence electrons. The number of piperidine rings is 1. The lowest BCUT2D eigenvalue weighted by molar-refractivity contribution is -0.137. The van der Waals surface area contributed by atoms with Crippen molar-refractivity contribution in [3.05, 3.63) is 12.2 Å². The van der Waals surface area contributed by atoms with E-state index in [9.17, 15) is 4.79 Å². The Morgan fingerprint density at radius 2 is 2.19 bits per heavy atom. The summed E-state index contributed by atoms with van der Waals surface area (Å²) < 4.78 is 1.95. The minimum Gasteiger partial charge on any atom is -0.341 e. The molecular formula is C14H23N5OS. The highest BCUT2D eigenvalue weighted by Gasteiger charge is 2.30. The number of nitrogens with zero attached hydrogens (tertiary/aromatic N) is 5. The first-order valence-electron chi connectivity index (χ1n) is 7.66. The van der Waals surface area contributed by atoms with E-state index in [4.69, 9.17) is 0 Å². The molecule has 2 fully saturated rings. The zero-order valence-corrected chi connectivity index (χ0v) is 13.4. The van der Waals surface area contributed by atoms with E-state index in [0.29, 0.717) is 5.91 Å². The van der Waals surface area contributed by atoms with Crippen molar-refractivity contribution in [1.82, 2.24) is 24.6 Å². The van der Waals surface area contributed by atoms with Gasteiger partial charge in [0, 0.05) is 38.2 Å². The average Bonchev–Trinajstić information content (AvgIpc) is 2.93. The predicted octanol–water partition coefficient (Wildman–Crippen LogP) is 0.602. The van der Waals surface area contributed by atoms with Crippen LogP contribution in [0.5, 0.6) is 0 Å². The van der Waals surface area contributed by atoms with E-state index in [-0.39, 0.29) is 5.92 Å². The maximum Gasteiger partial charge on any atom is 0.227 e. The van der Waals surface area contributed by atoms with Crippen molar-refractivity contribution in [3.8, 4) is 0 Å². The smallest absolute Gasteiger partial charge is 0.227 e. The third-order valence-corrected chi connectivity index (χ3v) is 5.29. The van der Waals surface area contributed by atoms with Crippen LogP contribution in [0.15, 0.2) is 6.33 Å². The number of amides is 1. The van der Waals surface area contributed by atoms with Crippen molar-refractivity contribution in [2.75, 3.05) is 37.7 Å². The second kappa shape index (κ2) is 6.79. The molecule has 2 aliphatic heterocycles. The predicted molar refractivity (Wildman–Crippen MR) is 82.9 cm³/mol. The summed E-state index contributed by atoms with van der Waals surface area (Å²) in [7, 11) is 1.97. The fourth-order valence-corrected chi connectivity index (χ4v) is 4.00. The van der Waals surface area contributed by atoms with E-state index >= 15 is 0 Å². The molecule has 0 spiro atoms. The molecule has 3 rings (SSSR count). The molecule has 1 atom stereocenters. The van der Waals surface area contributed by atoms with E-state index in [1.54, 1.807) is 6.33 Å². The Kier molecular flexibility index (Phi) is 4.80. The number of thioether (sulfide) groups is 1. The molecular weight excluding hydrogens is 286 g/mol. The van der Waals surface area contributed by atoms with Crippen molar-refractivity contribution in [2.45, 2.75) is 19.4 Å². The maximum atomic E-state index is 12.6. The van der Waals surface area contributed by atoms with Crippen LogP contribution in [0, 0.1) is 5.92 Å². The van der Waals surface area contributed by atoms with Crippen LogP contribution < -0.4 is 0 Å². The van der Waals surface area contributed by atoms with Crippen molar-refractivity contribution in [2.24, 2.45) is 13.0 Å². The lowest BCUT2D eigenvalue weighted by Gasteiger charge is -2.35. The van der Waals surface area contributed by atoms with Gasteiger partial charge >= 0.3 is 0 Å². The van der Waals surface area contributed by atoms with Gasteiger partial charge in [-0.05, 0) is 19.4 Å². The van der Waals surface area contributed by atoms with Crippen molar-refractivity contribution >= 4 is 17.7 Å². The van der Waals surface area contributed by atoms with E-state index in [1.165, 1.54) is 0 Å². The fourth-order valence-electron chi connectivity index (χ4n) is 3.09. The normalized spacial score (nSPS) is 24.2. The molecule has 2 saturated heterocycles. The van der Waals surface area contributed by atoms with Gasteiger partial charge < -0.3 is 9.47 Å². The average molecular weight is 309 g/mol. The zero-order valence-electron chi connectivity index (χ0n) is 12.6. The van der Waals surface area contributed by atoms with Crippen LogP contribution in [0.3, 0.4) is 0 Å². The van der Waals surface area contributed by atoms with Gasteiger partial charge in [0.05, 0.1) is 12.5 Å². The first kappa shape index (κ1) is 14.8. The van der Waals surface area contributed by atoms with Crippen molar-refractivity contribution in [1.29, 1.82) is 0 Å². The molecule has 0 saturated carbocycles. The Bertz CT molecular complexity index is 485. The Labute approximate surface area is 129 Å². The molecule has 6 nitrogen and oxygen atoms in total. The second-order valence-corrected chi connectivity index (χ2v) is 7.09. The Morgan fingerprint density at radius 1 is 1.38 bits per heavy atom. The minimum absolute atomic E-state index is 0.162. The summed E-state index contributed by atoms with van der Waals surface area (Å²) in [6, 6.07) is 0. The molecule has 1 aromatic rings. The van der Waals surface area contributed by atoms with Gasteiger partial charge in [0.1, 0.15) is 12.2 Å². The number of carbonyl (C=O) groups is 1. The third-order valence-electron chi connectivity index (χ3n) is 4.35. The van der Waals surface area contributed by atoms with Crippen molar-refractivity contribution < 1.29 is 4.79 Å². The third kappa shape index (κ3) is 3.58. The molecule has 0 bridgehead atoms. The van der Waals surface area contributed by atoms with Gasteiger partial charge in [0.15, 0.2) is 0 Å². The van der Waals surface area contributed by atoms with Gasteiger partial charge in [-0.2, -0.15) is 11.8 Å². The summed E-state index contributed by atoms with van der Waals surface area (Å²) in [6.07, 6.45) is 3.85. The highest BCUT2D eigenvalue weighted by atomic mass is 32.2. The molecule has 0 N–H and O–H groups in total. The summed E-state index contributed by atoms with van der Waals surface area (Å²) in [5.41, 5.74) is 0. The summed E-state index contributed by atoms with van der Waals surface area (Å²) in [6.45, 7) is 4.53. The lowest BCUT2D eigenvalue weighted by atomic mass is 9.96. The molecule has 21 heavy (non-hydrogen) atoms. The summed E-state index contributed by atoms with van der Waals surface area (Å²) in [4.78, 5) is 17.0. The number of aromatic nitrogens is 3. The van der Waals surface area contributed by atoms with Gasteiger partial charge in [-0.1, -0.05) is 0 Å². The van der Waals surface area contributed by atoms with Crippen LogP contribution in [0.1, 0.15) is 18.7 Å². The molecule has 0 aliphatic carbocycles. The zero-order chi connectivity index (χ0) is 14.7. The van der Waals surface area contributed by atoms with Crippen LogP contribution in [-0.2, 0) is 18.4 Å². The first-order chi connectivity index (χ1) is 10.2. The lowest BCUT2D eigenvalue weighted by Crippen LogP contribution is -2.47. The van der Waals surface area contributed by atoms with Crippen LogP contribution in [-0.4, -0.2) is 68.2 Å². The number of hydrogen-bond donors (Lipinski definition) is 0. The molecule has 3 heterocycles. The Balaban J connectivity index is 1.57. The first-order valence-corrected chi connectivity index (χ1v) is 8.81. The van der Waals surface area contributed by atoms with Crippen LogP contribution in [0.2, 0.25) is 0 Å². The monoisotopic (exact) mass is 309 g/mol. The van der Waals surface area contributed by atoms with E-state index in [0.717, 1.165) is 62.9 Å². The molecule has 1 unspecified atom stereocenters. The molecule has 0 aromatic carbocycles. The summed E-state index contributed by atoms with van der Waals surface area (Å²) in [5, 5.41) is 8.07. The molecule has 7 heteroatoms. The van der Waals surface area contributed by atoms with E-state index < -0.39 is 0 Å². The number of rotatable bonds is 3. The SMILES string of the molecule is Cn1cnnc1CN1CCCC(C(=O)N2CCSCC2)C1. The van der Waals surface area contributed by atoms with Gasteiger partial charge in [0.25, 0.3) is 0 Å². The Hall–Kier alpha value is -1.08. The second-order valence-electron chi connectivity index (χ2n) is 5.87. The number of aryl methyl sites for hydroxylation is 1. The summed E-state index contributed by atoms with van der Waals surface area (Å²) in [5.74, 6) is 3.66.